The van der Waals surface area contributed by atoms with Crippen molar-refractivity contribution in [3.05, 3.63) is 88.7 Å². The highest BCUT2D eigenvalue weighted by Gasteiger charge is 2.10. The van der Waals surface area contributed by atoms with Gasteiger partial charge in [0.05, 0.1) is 6.54 Å². The Kier molecular flexibility index (Phi) is 7.93. The monoisotopic (exact) mass is 449 g/mol. The molecular formula is C23H23N5O3S. The van der Waals surface area contributed by atoms with E-state index in [4.69, 9.17) is 0 Å². The molecule has 32 heavy (non-hydrogen) atoms. The smallest absolute Gasteiger partial charge is 0.269 e. The predicted octanol–water partition coefficient (Wildman–Crippen LogP) is 2.58. The van der Waals surface area contributed by atoms with Gasteiger partial charge >= 0.3 is 0 Å². The molecule has 9 heteroatoms. The highest BCUT2D eigenvalue weighted by atomic mass is 32.2. The van der Waals surface area contributed by atoms with Crippen LogP contribution >= 0.6 is 11.8 Å². The lowest BCUT2D eigenvalue weighted by Gasteiger charge is -2.09. The molecule has 0 atom stereocenters. The summed E-state index contributed by atoms with van der Waals surface area (Å²) >= 11 is 1.52. The average Bonchev–Trinajstić information content (AvgIpc) is 2.80. The fraction of sp³-hybridized carbons (Fsp3) is 0.174. The second-order valence-electron chi connectivity index (χ2n) is 6.97. The number of benzene rings is 2. The van der Waals surface area contributed by atoms with E-state index in [2.05, 4.69) is 26.1 Å². The molecule has 0 saturated heterocycles. The number of nitrogens with one attached hydrogen (secondary N) is 3. The van der Waals surface area contributed by atoms with Gasteiger partial charge in [0.1, 0.15) is 0 Å². The van der Waals surface area contributed by atoms with Gasteiger partial charge in [-0.2, -0.15) is 0 Å². The van der Waals surface area contributed by atoms with E-state index in [-0.39, 0.29) is 12.5 Å². The van der Waals surface area contributed by atoms with Gasteiger partial charge in [0, 0.05) is 28.3 Å². The fourth-order valence-electron chi connectivity index (χ4n) is 2.75. The van der Waals surface area contributed by atoms with Crippen LogP contribution in [-0.2, 0) is 10.5 Å². The summed E-state index contributed by atoms with van der Waals surface area (Å²) in [6, 6.07) is 17.5. The van der Waals surface area contributed by atoms with E-state index >= 15 is 0 Å². The number of nitrogens with zero attached hydrogens (tertiary/aromatic N) is 2. The summed E-state index contributed by atoms with van der Waals surface area (Å²) in [6.45, 7) is 3.61. The Hall–Kier alpha value is -3.72. The Morgan fingerprint density at radius 1 is 0.812 bits per heavy atom. The quantitative estimate of drug-likeness (QED) is 0.290. The summed E-state index contributed by atoms with van der Waals surface area (Å²) in [5.41, 5.74) is 8.34. The molecule has 0 aliphatic rings. The van der Waals surface area contributed by atoms with Crippen molar-refractivity contribution in [2.45, 2.75) is 24.8 Å². The molecule has 3 aromatic rings. The lowest BCUT2D eigenvalue weighted by molar-refractivity contribution is -0.120. The van der Waals surface area contributed by atoms with Crippen molar-refractivity contribution < 1.29 is 14.4 Å². The third-order valence-corrected chi connectivity index (χ3v) is 5.23. The Balaban J connectivity index is 1.43. The van der Waals surface area contributed by atoms with Gasteiger partial charge in [-0.1, -0.05) is 42.1 Å². The van der Waals surface area contributed by atoms with Crippen LogP contribution in [0.4, 0.5) is 0 Å². The van der Waals surface area contributed by atoms with Crippen LogP contribution in [0.5, 0.6) is 0 Å². The number of thioether (sulfide) groups is 1. The first kappa shape index (κ1) is 23.0. The van der Waals surface area contributed by atoms with E-state index in [1.165, 1.54) is 11.8 Å². The Bertz CT molecular complexity index is 1080. The average molecular weight is 450 g/mol. The maximum atomic E-state index is 12.2. The molecule has 0 unspecified atom stereocenters. The number of hydrogen-bond acceptors (Lipinski definition) is 6. The van der Waals surface area contributed by atoms with Gasteiger partial charge in [-0.25, -0.2) is 9.97 Å². The normalized spacial score (nSPS) is 10.3. The zero-order valence-electron chi connectivity index (χ0n) is 17.7. The maximum Gasteiger partial charge on any atom is 0.269 e. The molecule has 1 aromatic heterocycles. The molecule has 0 bridgehead atoms. The van der Waals surface area contributed by atoms with Crippen LogP contribution in [0.15, 0.2) is 65.8 Å². The number of hydrogen-bond donors (Lipinski definition) is 3. The van der Waals surface area contributed by atoms with Crippen LogP contribution in [-0.4, -0.2) is 34.2 Å². The SMILES string of the molecule is Cc1cc(C)nc(SCc2ccc(C(=O)NNC(=O)CNC(=O)c3ccccc3)cc2)n1. The predicted molar refractivity (Wildman–Crippen MR) is 122 cm³/mol. The Morgan fingerprint density at radius 3 is 2.09 bits per heavy atom. The lowest BCUT2D eigenvalue weighted by atomic mass is 10.1. The molecular weight excluding hydrogens is 426 g/mol. The van der Waals surface area contributed by atoms with Crippen molar-refractivity contribution in [3.63, 3.8) is 0 Å². The lowest BCUT2D eigenvalue weighted by Crippen LogP contribution is -2.46. The van der Waals surface area contributed by atoms with Crippen LogP contribution in [0, 0.1) is 13.8 Å². The summed E-state index contributed by atoms with van der Waals surface area (Å²) in [7, 11) is 0. The minimum atomic E-state index is -0.538. The molecule has 164 valence electrons. The molecule has 0 saturated carbocycles. The van der Waals surface area contributed by atoms with Gasteiger partial charge in [0.25, 0.3) is 17.7 Å². The Labute approximate surface area is 190 Å². The molecule has 0 fully saturated rings. The van der Waals surface area contributed by atoms with E-state index in [9.17, 15) is 14.4 Å². The standard InChI is InChI=1S/C23H23N5O3S/c1-15-12-16(2)26-23(25-15)32-14-17-8-10-19(11-9-17)22(31)28-27-20(29)13-24-21(30)18-6-4-3-5-7-18/h3-12H,13-14H2,1-2H3,(H,24,30)(H,27,29)(H,28,31). The summed E-state index contributed by atoms with van der Waals surface area (Å²) in [6.07, 6.45) is 0. The number of carbonyl (C=O) groups excluding carboxylic acids is 3. The van der Waals surface area contributed by atoms with Crippen molar-refractivity contribution in [3.8, 4) is 0 Å². The number of rotatable bonds is 7. The van der Waals surface area contributed by atoms with Gasteiger partial charge in [-0.05, 0) is 49.7 Å². The summed E-state index contributed by atoms with van der Waals surface area (Å²) in [4.78, 5) is 44.8. The maximum absolute atomic E-state index is 12.2. The van der Waals surface area contributed by atoms with Crippen molar-refractivity contribution in [1.82, 2.24) is 26.1 Å². The highest BCUT2D eigenvalue weighted by Crippen LogP contribution is 2.20. The van der Waals surface area contributed by atoms with E-state index in [1.807, 2.05) is 32.0 Å². The highest BCUT2D eigenvalue weighted by molar-refractivity contribution is 7.98. The van der Waals surface area contributed by atoms with Crippen molar-refractivity contribution in [2.75, 3.05) is 6.54 Å². The summed E-state index contributed by atoms with van der Waals surface area (Å²) in [5, 5.41) is 3.20. The van der Waals surface area contributed by atoms with Crippen molar-refractivity contribution in [2.24, 2.45) is 0 Å². The fourth-order valence-corrected chi connectivity index (χ4v) is 3.66. The first-order chi connectivity index (χ1) is 15.4. The number of aromatic nitrogens is 2. The topological polar surface area (TPSA) is 113 Å². The second-order valence-corrected chi connectivity index (χ2v) is 7.91. The van der Waals surface area contributed by atoms with Gasteiger partial charge in [0.2, 0.25) is 0 Å². The van der Waals surface area contributed by atoms with Crippen LogP contribution < -0.4 is 16.2 Å². The molecule has 0 spiro atoms. The van der Waals surface area contributed by atoms with E-state index in [1.54, 1.807) is 42.5 Å². The zero-order valence-corrected chi connectivity index (χ0v) is 18.5. The first-order valence-electron chi connectivity index (χ1n) is 9.87. The molecule has 0 aliphatic carbocycles. The minimum absolute atomic E-state index is 0.259. The van der Waals surface area contributed by atoms with Crippen molar-refractivity contribution in [1.29, 1.82) is 0 Å². The number of carbonyl (C=O) groups is 3. The van der Waals surface area contributed by atoms with Gasteiger partial charge in [-0.15, -0.1) is 0 Å². The third-order valence-electron chi connectivity index (χ3n) is 4.31. The molecule has 0 aliphatic heterocycles. The van der Waals surface area contributed by atoms with E-state index in [0.29, 0.717) is 22.0 Å². The molecule has 0 radical (unpaired) electrons. The number of aryl methyl sites for hydroxylation is 2. The van der Waals surface area contributed by atoms with Gasteiger partial charge in [-0.3, -0.25) is 25.2 Å². The molecule has 3 N–H and O–H groups in total. The van der Waals surface area contributed by atoms with Gasteiger partial charge in [0.15, 0.2) is 5.16 Å². The van der Waals surface area contributed by atoms with Crippen LogP contribution in [0.3, 0.4) is 0 Å². The van der Waals surface area contributed by atoms with E-state index in [0.717, 1.165) is 17.0 Å². The molecule has 8 nitrogen and oxygen atoms in total. The van der Waals surface area contributed by atoms with Crippen LogP contribution in [0.25, 0.3) is 0 Å². The number of amides is 3. The zero-order chi connectivity index (χ0) is 22.9. The first-order valence-corrected chi connectivity index (χ1v) is 10.9. The van der Waals surface area contributed by atoms with Crippen LogP contribution in [0.1, 0.15) is 37.7 Å². The molecule has 3 amide bonds. The van der Waals surface area contributed by atoms with Crippen molar-refractivity contribution >= 4 is 29.5 Å². The minimum Gasteiger partial charge on any atom is -0.343 e. The molecule has 2 aromatic carbocycles. The second kappa shape index (κ2) is 11.1. The van der Waals surface area contributed by atoms with Crippen LogP contribution in [0.2, 0.25) is 0 Å². The Morgan fingerprint density at radius 2 is 1.44 bits per heavy atom. The summed E-state index contributed by atoms with van der Waals surface area (Å²) in [5.74, 6) is -0.691. The third kappa shape index (κ3) is 6.92. The van der Waals surface area contributed by atoms with E-state index < -0.39 is 11.8 Å². The summed E-state index contributed by atoms with van der Waals surface area (Å²) < 4.78 is 0. The van der Waals surface area contributed by atoms with Gasteiger partial charge < -0.3 is 5.32 Å². The molecule has 1 heterocycles. The molecule has 3 rings (SSSR count). The number of hydrazine groups is 1. The largest absolute Gasteiger partial charge is 0.343 e.